The van der Waals surface area contributed by atoms with Crippen LogP contribution in [0.5, 0.6) is 0 Å². The number of benzene rings is 2. The van der Waals surface area contributed by atoms with Crippen LogP contribution in [0.3, 0.4) is 0 Å². The molecule has 1 unspecified atom stereocenters. The maximum absolute atomic E-state index is 13.1. The number of hydrogen-bond acceptors (Lipinski definition) is 9. The predicted octanol–water partition coefficient (Wildman–Crippen LogP) is 2.86. The number of aromatic nitrogens is 2. The van der Waals surface area contributed by atoms with Crippen LogP contribution >= 0.6 is 0 Å². The van der Waals surface area contributed by atoms with Crippen LogP contribution in [-0.4, -0.2) is 41.8 Å². The van der Waals surface area contributed by atoms with E-state index in [1.54, 1.807) is 43.3 Å². The van der Waals surface area contributed by atoms with Crippen molar-refractivity contribution < 1.29 is 27.4 Å². The molecule has 3 rings (SSSR count). The molecule has 0 saturated heterocycles. The van der Waals surface area contributed by atoms with Gasteiger partial charge in [-0.15, -0.1) is 0 Å². The smallest absolute Gasteiger partial charge is 0.406 e. The first kappa shape index (κ1) is 23.1. The molecule has 0 N–H and O–H groups in total. The Labute approximate surface area is 184 Å². The van der Waals surface area contributed by atoms with Gasteiger partial charge in [0.15, 0.2) is 9.84 Å². The highest BCUT2D eigenvalue weighted by molar-refractivity contribution is 7.91. The van der Waals surface area contributed by atoms with Crippen molar-refractivity contribution >= 4 is 15.8 Å². The van der Waals surface area contributed by atoms with Crippen LogP contribution in [0, 0.1) is 24.0 Å². The largest absolute Gasteiger partial charge is 0.460 e. The summed E-state index contributed by atoms with van der Waals surface area (Å²) in [4.78, 5) is 27.8. The summed E-state index contributed by atoms with van der Waals surface area (Å²) in [6, 6.07) is 12.6. The van der Waals surface area contributed by atoms with Crippen molar-refractivity contribution in [3.05, 3.63) is 75.7 Å². The zero-order valence-corrected chi connectivity index (χ0v) is 18.5. The number of ether oxygens (including phenoxy) is 1. The summed E-state index contributed by atoms with van der Waals surface area (Å²) in [6.07, 6.45) is 0. The second kappa shape index (κ2) is 8.87. The van der Waals surface area contributed by atoms with Gasteiger partial charge in [0.05, 0.1) is 11.5 Å². The lowest BCUT2D eigenvalue weighted by Gasteiger charge is -2.19. The van der Waals surface area contributed by atoms with Gasteiger partial charge in [-0.2, -0.15) is 4.98 Å². The van der Waals surface area contributed by atoms with E-state index >= 15 is 0 Å². The quantitative estimate of drug-likeness (QED) is 0.282. The molecule has 0 spiro atoms. The lowest BCUT2D eigenvalue weighted by Crippen LogP contribution is -2.50. The van der Waals surface area contributed by atoms with Crippen LogP contribution in [0.1, 0.15) is 23.9 Å². The highest BCUT2D eigenvalue weighted by Crippen LogP contribution is 2.32. The van der Waals surface area contributed by atoms with E-state index < -0.39 is 37.9 Å². The fourth-order valence-corrected chi connectivity index (χ4v) is 4.59. The number of nitrogens with zero attached hydrogens (tertiary/aromatic N) is 3. The Balaban J connectivity index is 2.13. The van der Waals surface area contributed by atoms with Gasteiger partial charge in [0.2, 0.25) is 5.82 Å². The summed E-state index contributed by atoms with van der Waals surface area (Å²) in [5.41, 5.74) is -0.689. The molecule has 10 nitrogen and oxygen atoms in total. The van der Waals surface area contributed by atoms with Gasteiger partial charge < -0.3 is 9.26 Å². The van der Waals surface area contributed by atoms with Crippen LogP contribution in [0.4, 0.5) is 0 Å². The molecule has 32 heavy (non-hydrogen) atoms. The Bertz CT molecular complexity index is 1240. The predicted molar refractivity (Wildman–Crippen MR) is 113 cm³/mol. The average molecular weight is 459 g/mol. The SMILES string of the molecule is CCOC(=O)C(CS(=O)(=O)c1ccc(C)cc1)(c1nc(-c2ccc(C)cc2)no1)[N+](=O)[O-]. The van der Waals surface area contributed by atoms with E-state index in [-0.39, 0.29) is 17.3 Å². The first-order valence-corrected chi connectivity index (χ1v) is 11.3. The van der Waals surface area contributed by atoms with Crippen molar-refractivity contribution in [1.82, 2.24) is 10.1 Å². The van der Waals surface area contributed by atoms with Gasteiger partial charge in [-0.1, -0.05) is 52.7 Å². The lowest BCUT2D eigenvalue weighted by atomic mass is 10.0. The van der Waals surface area contributed by atoms with E-state index in [0.717, 1.165) is 11.1 Å². The van der Waals surface area contributed by atoms with Crippen LogP contribution in [0.2, 0.25) is 0 Å². The van der Waals surface area contributed by atoms with Crippen molar-refractivity contribution in [3.63, 3.8) is 0 Å². The van der Waals surface area contributed by atoms with Crippen molar-refractivity contribution in [2.24, 2.45) is 0 Å². The molecular weight excluding hydrogens is 438 g/mol. The van der Waals surface area contributed by atoms with Gasteiger partial charge in [-0.3, -0.25) is 10.1 Å². The number of esters is 1. The Hall–Kier alpha value is -3.60. The number of sulfone groups is 1. The molecule has 0 fully saturated rings. The summed E-state index contributed by atoms with van der Waals surface area (Å²) in [7, 11) is -4.32. The van der Waals surface area contributed by atoms with Gasteiger partial charge in [0.25, 0.3) is 0 Å². The van der Waals surface area contributed by atoms with E-state index in [9.17, 15) is 23.3 Å². The third kappa shape index (κ3) is 4.37. The Morgan fingerprint density at radius 3 is 2.19 bits per heavy atom. The molecule has 0 aliphatic heterocycles. The molecule has 168 valence electrons. The molecule has 0 aliphatic rings. The number of hydrogen-bond donors (Lipinski definition) is 0. The normalized spacial score (nSPS) is 13.3. The third-order valence-electron chi connectivity index (χ3n) is 4.79. The topological polar surface area (TPSA) is 143 Å². The molecule has 3 aromatic rings. The van der Waals surface area contributed by atoms with E-state index in [2.05, 4.69) is 10.1 Å². The summed E-state index contributed by atoms with van der Waals surface area (Å²) in [5.74, 6) is -3.44. The standard InChI is InChI=1S/C21H21N3O7S/c1-4-30-20(25)21(24(26)27,13-32(28,29)17-11-7-15(3)8-12-17)19-22-18(23-31-19)16-9-5-14(2)6-10-16/h5-12H,4,13H2,1-3H3. The molecule has 1 heterocycles. The fraction of sp³-hybridized carbons (Fsp3) is 0.286. The van der Waals surface area contributed by atoms with Crippen LogP contribution in [0.15, 0.2) is 57.9 Å². The van der Waals surface area contributed by atoms with Gasteiger partial charge in [-0.25, -0.2) is 13.2 Å². The minimum Gasteiger partial charge on any atom is -0.460 e. The lowest BCUT2D eigenvalue weighted by molar-refractivity contribution is -0.561. The second-order valence-electron chi connectivity index (χ2n) is 7.20. The molecule has 1 atom stereocenters. The van der Waals surface area contributed by atoms with Gasteiger partial charge in [0.1, 0.15) is 5.75 Å². The number of aryl methyl sites for hydroxylation is 2. The number of carbonyl (C=O) groups excluding carboxylic acids is 1. The molecule has 1 aromatic heterocycles. The zero-order valence-electron chi connectivity index (χ0n) is 17.6. The molecule has 2 aromatic carbocycles. The Morgan fingerprint density at radius 2 is 1.66 bits per heavy atom. The number of nitro groups is 1. The first-order chi connectivity index (χ1) is 15.1. The average Bonchev–Trinajstić information content (AvgIpc) is 3.23. The fourth-order valence-electron chi connectivity index (χ4n) is 2.98. The van der Waals surface area contributed by atoms with Crippen molar-refractivity contribution in [2.45, 2.75) is 31.2 Å². The van der Waals surface area contributed by atoms with Crippen molar-refractivity contribution in [3.8, 4) is 11.4 Å². The van der Waals surface area contributed by atoms with Gasteiger partial charge in [0, 0.05) is 10.5 Å². The van der Waals surface area contributed by atoms with Crippen LogP contribution < -0.4 is 0 Å². The maximum Gasteiger partial charge on any atom is 0.406 e. The monoisotopic (exact) mass is 459 g/mol. The molecule has 0 radical (unpaired) electrons. The molecule has 0 aliphatic carbocycles. The summed E-state index contributed by atoms with van der Waals surface area (Å²) in [6.45, 7) is 4.88. The van der Waals surface area contributed by atoms with Gasteiger partial charge >= 0.3 is 17.4 Å². The van der Waals surface area contributed by atoms with E-state index in [1.807, 2.05) is 6.92 Å². The Morgan fingerprint density at radius 1 is 1.09 bits per heavy atom. The minimum absolute atomic E-state index is 0.0248. The van der Waals surface area contributed by atoms with Crippen molar-refractivity contribution in [2.75, 3.05) is 12.4 Å². The third-order valence-corrected chi connectivity index (χ3v) is 6.58. The van der Waals surface area contributed by atoms with Crippen molar-refractivity contribution in [1.29, 1.82) is 0 Å². The number of carbonyl (C=O) groups is 1. The highest BCUT2D eigenvalue weighted by Gasteiger charge is 2.62. The summed E-state index contributed by atoms with van der Waals surface area (Å²) >= 11 is 0. The molecule has 0 bridgehead atoms. The highest BCUT2D eigenvalue weighted by atomic mass is 32.2. The van der Waals surface area contributed by atoms with Gasteiger partial charge in [-0.05, 0) is 32.9 Å². The minimum atomic E-state index is -4.32. The van der Waals surface area contributed by atoms with E-state index in [4.69, 9.17) is 9.26 Å². The number of rotatable bonds is 8. The van der Waals surface area contributed by atoms with Crippen LogP contribution in [-0.2, 0) is 24.9 Å². The Kier molecular flexibility index (Phi) is 6.40. The van der Waals surface area contributed by atoms with E-state index in [0.29, 0.717) is 5.56 Å². The molecular formula is C21H21N3O7S. The van der Waals surface area contributed by atoms with E-state index in [1.165, 1.54) is 19.1 Å². The van der Waals surface area contributed by atoms with Crippen LogP contribution in [0.25, 0.3) is 11.4 Å². The molecule has 0 saturated carbocycles. The molecule has 11 heteroatoms. The maximum atomic E-state index is 13.1. The first-order valence-electron chi connectivity index (χ1n) is 9.62. The summed E-state index contributed by atoms with van der Waals surface area (Å²) in [5, 5.41) is 15.9. The summed E-state index contributed by atoms with van der Waals surface area (Å²) < 4.78 is 36.1. The second-order valence-corrected chi connectivity index (χ2v) is 9.19. The molecule has 0 amide bonds. The zero-order chi connectivity index (χ0) is 23.5.